The molecule has 68 heavy (non-hydrogen) atoms. The number of carbonyl (C=O) groups excluding carboxylic acids is 4. The standard InChI is InChI=1S/C52H58FN9O6/c1-67-47-29-43-44(55-23-16-46(43)68-42-14-10-38(11-15-42)57-50(65)52(20-21-52)49(64)56-37-6-4-35(53)5-7-37)30-45(47)59-25-17-34(18-26-59)31-61-33-40-28-41(61)32-60(40)24-3-2-22-54-36-8-12-39(13-9-36)62-27-19-48(63)58-51(62)66/h4-16,23,29-30,34,40-41,54H,2-3,17-22,24-28,31-33H2,1H3,(H,56,64)(H,57,65)(H,58,63,66)/t40-,41-/m0/s1. The monoisotopic (exact) mass is 923 g/mol. The third kappa shape index (κ3) is 9.79. The highest BCUT2D eigenvalue weighted by Gasteiger charge is 2.56. The fraction of sp³-hybridized carbons (Fsp3) is 0.404. The van der Waals surface area contributed by atoms with Gasteiger partial charge >= 0.3 is 6.03 Å². The molecule has 1 saturated carbocycles. The van der Waals surface area contributed by atoms with Crippen LogP contribution in [0.5, 0.6) is 17.2 Å². The molecule has 1 aliphatic carbocycles. The summed E-state index contributed by atoms with van der Waals surface area (Å²) in [6.07, 6.45) is 8.70. The predicted molar refractivity (Wildman–Crippen MR) is 260 cm³/mol. The van der Waals surface area contributed by atoms with Crippen molar-refractivity contribution in [3.05, 3.63) is 103 Å². The molecule has 2 atom stereocenters. The van der Waals surface area contributed by atoms with Crippen molar-refractivity contribution in [1.82, 2.24) is 20.1 Å². The van der Waals surface area contributed by atoms with E-state index >= 15 is 0 Å². The van der Waals surface area contributed by atoms with E-state index in [1.165, 1.54) is 30.7 Å². The van der Waals surface area contributed by atoms with Gasteiger partial charge in [0.25, 0.3) is 0 Å². The average Bonchev–Trinajstić information content (AvgIpc) is 3.96. The van der Waals surface area contributed by atoms with Crippen molar-refractivity contribution < 1.29 is 33.0 Å². The molecule has 10 rings (SSSR count). The van der Waals surface area contributed by atoms with Gasteiger partial charge in [-0.2, -0.15) is 0 Å². The van der Waals surface area contributed by atoms with Crippen LogP contribution in [-0.4, -0.2) is 110 Å². The topological polar surface area (TPSA) is 161 Å². The molecule has 15 nitrogen and oxygen atoms in total. The second kappa shape index (κ2) is 19.4. The van der Waals surface area contributed by atoms with Gasteiger partial charge in [-0.1, -0.05) is 0 Å². The lowest BCUT2D eigenvalue weighted by Crippen LogP contribution is -2.49. The Kier molecular flexibility index (Phi) is 12.9. The minimum absolute atomic E-state index is 0.227. The Labute approximate surface area is 395 Å². The summed E-state index contributed by atoms with van der Waals surface area (Å²) < 4.78 is 25.7. The fourth-order valence-corrected chi connectivity index (χ4v) is 10.3. The maximum absolute atomic E-state index is 13.3. The van der Waals surface area contributed by atoms with Crippen molar-refractivity contribution in [2.75, 3.05) is 85.2 Å². The highest BCUT2D eigenvalue weighted by atomic mass is 19.1. The number of methoxy groups -OCH3 is 1. The van der Waals surface area contributed by atoms with Crippen LogP contribution in [0, 0.1) is 17.2 Å². The summed E-state index contributed by atoms with van der Waals surface area (Å²) in [4.78, 5) is 64.1. The normalized spacial score (nSPS) is 20.3. The van der Waals surface area contributed by atoms with Gasteiger partial charge in [-0.3, -0.25) is 39.4 Å². The van der Waals surface area contributed by atoms with Crippen molar-refractivity contribution in [3.63, 3.8) is 0 Å². The van der Waals surface area contributed by atoms with Crippen molar-refractivity contribution in [3.8, 4) is 17.2 Å². The highest BCUT2D eigenvalue weighted by Crippen LogP contribution is 2.48. The number of amides is 5. The van der Waals surface area contributed by atoms with Crippen LogP contribution in [-0.2, 0) is 14.4 Å². The zero-order chi connectivity index (χ0) is 46.8. The van der Waals surface area contributed by atoms with Crippen LogP contribution in [0.25, 0.3) is 10.9 Å². The number of imide groups is 1. The number of hydrogen-bond acceptors (Lipinski definition) is 11. The largest absolute Gasteiger partial charge is 0.495 e. The van der Waals surface area contributed by atoms with Gasteiger partial charge in [0.05, 0.1) is 18.3 Å². The Balaban J connectivity index is 0.662. The van der Waals surface area contributed by atoms with Gasteiger partial charge in [0.2, 0.25) is 17.7 Å². The number of aromatic nitrogens is 1. The van der Waals surface area contributed by atoms with Crippen LogP contribution in [0.1, 0.15) is 51.4 Å². The number of hydrogen-bond donors (Lipinski definition) is 4. The zero-order valence-electron chi connectivity index (χ0n) is 38.3. The minimum atomic E-state index is -1.16. The number of likely N-dealkylation sites (tertiary alicyclic amines) is 2. The summed E-state index contributed by atoms with van der Waals surface area (Å²) in [5.74, 6) is 1.22. The number of piperidine rings is 1. The second-order valence-corrected chi connectivity index (χ2v) is 18.8. The van der Waals surface area contributed by atoms with Crippen molar-refractivity contribution >= 4 is 63.1 Å². The number of benzene rings is 4. The molecule has 5 fully saturated rings. The lowest BCUT2D eigenvalue weighted by molar-refractivity contribution is -0.131. The Morgan fingerprint density at radius 2 is 1.49 bits per heavy atom. The Morgan fingerprint density at radius 1 is 0.809 bits per heavy atom. The first-order chi connectivity index (χ1) is 33.1. The number of fused-ring (bicyclic) bond motifs is 3. The van der Waals surface area contributed by atoms with E-state index in [4.69, 9.17) is 14.5 Å². The molecule has 1 aromatic heterocycles. The van der Waals surface area contributed by atoms with Crippen molar-refractivity contribution in [1.29, 1.82) is 0 Å². The van der Waals surface area contributed by atoms with E-state index in [1.807, 2.05) is 36.4 Å². The van der Waals surface area contributed by atoms with Gasteiger partial charge in [-0.15, -0.1) is 0 Å². The maximum Gasteiger partial charge on any atom is 0.328 e. The molecule has 16 heteroatoms. The molecule has 5 amide bonds. The number of nitrogens with zero attached hydrogens (tertiary/aromatic N) is 5. The number of rotatable bonds is 17. The van der Waals surface area contributed by atoms with E-state index in [2.05, 4.69) is 42.0 Å². The van der Waals surface area contributed by atoms with E-state index in [1.54, 1.807) is 42.5 Å². The van der Waals surface area contributed by atoms with Gasteiger partial charge < -0.3 is 30.3 Å². The molecule has 4 saturated heterocycles. The molecule has 4 N–H and O–H groups in total. The van der Waals surface area contributed by atoms with Crippen LogP contribution in [0.4, 0.5) is 37.6 Å². The van der Waals surface area contributed by atoms with E-state index in [0.717, 1.165) is 105 Å². The van der Waals surface area contributed by atoms with Crippen molar-refractivity contribution in [2.45, 2.75) is 63.5 Å². The third-order valence-electron chi connectivity index (χ3n) is 14.4. The molecule has 0 radical (unpaired) electrons. The molecule has 5 aromatic rings. The first kappa shape index (κ1) is 45.0. The molecular formula is C52H58FN9O6. The molecular weight excluding hydrogens is 866 g/mol. The number of halogens is 1. The predicted octanol–water partition coefficient (Wildman–Crippen LogP) is 7.85. The maximum atomic E-state index is 13.3. The molecule has 4 aromatic carbocycles. The third-order valence-corrected chi connectivity index (χ3v) is 14.4. The summed E-state index contributed by atoms with van der Waals surface area (Å²) in [5, 5.41) is 12.3. The smallest absolute Gasteiger partial charge is 0.328 e. The molecule has 354 valence electrons. The molecule has 5 aliphatic rings. The van der Waals surface area contributed by atoms with E-state index in [-0.39, 0.29) is 17.8 Å². The first-order valence-electron chi connectivity index (χ1n) is 23.9. The SMILES string of the molecule is COc1cc2c(Oc3ccc(NC(=O)C4(C(=O)Nc5ccc(F)cc5)CC4)cc3)ccnc2cc1N1CCC(CN2C[C@@H]3C[C@H]2CN3CCCCNc2ccc(N3CCC(=O)NC3=O)cc2)CC1. The number of nitrogens with one attached hydrogen (secondary N) is 4. The summed E-state index contributed by atoms with van der Waals surface area (Å²) in [7, 11) is 1.70. The average molecular weight is 924 g/mol. The zero-order valence-corrected chi connectivity index (χ0v) is 38.3. The summed E-state index contributed by atoms with van der Waals surface area (Å²) >= 11 is 0. The first-order valence-corrected chi connectivity index (χ1v) is 23.9. The summed E-state index contributed by atoms with van der Waals surface area (Å²) in [6, 6.07) is 27.2. The molecule has 5 heterocycles. The highest BCUT2D eigenvalue weighted by molar-refractivity contribution is 6.17. The Bertz CT molecular complexity index is 2660. The summed E-state index contributed by atoms with van der Waals surface area (Å²) in [6.45, 7) is 7.83. The second-order valence-electron chi connectivity index (χ2n) is 18.8. The lowest BCUT2D eigenvalue weighted by atomic mass is 9.95. The quantitative estimate of drug-likeness (QED) is 0.0532. The molecule has 0 spiro atoms. The van der Waals surface area contributed by atoms with Crippen LogP contribution < -0.4 is 40.5 Å². The molecule has 0 unspecified atom stereocenters. The van der Waals surface area contributed by atoms with Crippen LogP contribution in [0.15, 0.2) is 97.2 Å². The Morgan fingerprint density at radius 3 is 2.15 bits per heavy atom. The van der Waals surface area contributed by atoms with Crippen LogP contribution in [0.2, 0.25) is 0 Å². The fourth-order valence-electron chi connectivity index (χ4n) is 10.3. The van der Waals surface area contributed by atoms with E-state index < -0.39 is 17.1 Å². The van der Waals surface area contributed by atoms with Gasteiger partial charge in [0.15, 0.2) is 0 Å². The number of ether oxygens (including phenoxy) is 2. The van der Waals surface area contributed by atoms with Crippen LogP contribution >= 0.6 is 0 Å². The van der Waals surface area contributed by atoms with Crippen LogP contribution in [0.3, 0.4) is 0 Å². The van der Waals surface area contributed by atoms with Gasteiger partial charge in [-0.05, 0) is 148 Å². The molecule has 2 bridgehead atoms. The number of urea groups is 1. The summed E-state index contributed by atoms with van der Waals surface area (Å²) in [5.41, 5.74) is 3.49. The lowest BCUT2D eigenvalue weighted by Gasteiger charge is -2.39. The molecule has 4 aliphatic heterocycles. The van der Waals surface area contributed by atoms with Gasteiger partial charge in [0, 0.05) is 98.7 Å². The van der Waals surface area contributed by atoms with Gasteiger partial charge in [0.1, 0.15) is 28.5 Å². The number of piperazine rings is 1. The number of unbranched alkanes of at least 4 members (excludes halogenated alkanes) is 1. The number of carbonyl (C=O) groups is 4. The van der Waals surface area contributed by atoms with Crippen molar-refractivity contribution in [2.24, 2.45) is 11.3 Å². The number of anilines is 5. The van der Waals surface area contributed by atoms with E-state index in [9.17, 15) is 23.6 Å². The minimum Gasteiger partial charge on any atom is -0.495 e. The Hall–Kier alpha value is -6.78. The van der Waals surface area contributed by atoms with E-state index in [0.29, 0.717) is 66.7 Å². The van der Waals surface area contributed by atoms with Gasteiger partial charge in [-0.25, -0.2) is 9.18 Å². The number of pyridine rings is 1.